The van der Waals surface area contributed by atoms with Crippen LogP contribution in [0, 0.1) is 5.92 Å². The van der Waals surface area contributed by atoms with Crippen molar-refractivity contribution in [1.82, 2.24) is 0 Å². The van der Waals surface area contributed by atoms with Crippen LogP contribution in [-0.4, -0.2) is 11.7 Å². The van der Waals surface area contributed by atoms with Crippen LogP contribution in [0.5, 0.6) is 0 Å². The van der Waals surface area contributed by atoms with Crippen LogP contribution in [0.25, 0.3) is 0 Å². The van der Waals surface area contributed by atoms with Gasteiger partial charge in [0.2, 0.25) is 0 Å². The molecule has 0 bridgehead atoms. The predicted octanol–water partition coefficient (Wildman–Crippen LogP) is 5.48. The summed E-state index contributed by atoms with van der Waals surface area (Å²) in [5.41, 5.74) is 0. The van der Waals surface area contributed by atoms with Crippen LogP contribution in [0.2, 0.25) is 0 Å². The third kappa shape index (κ3) is 13.8. The Balaban J connectivity index is 3.09. The monoisotopic (exact) mass is 254 g/mol. The molecule has 0 radical (unpaired) electrons. The highest BCUT2D eigenvalue weighted by molar-refractivity contribution is 4.81. The lowest BCUT2D eigenvalue weighted by molar-refractivity contribution is 0.282. The molecule has 0 saturated carbocycles. The Hall–Kier alpha value is -0.300. The lowest BCUT2D eigenvalue weighted by Crippen LogP contribution is -1.90. The van der Waals surface area contributed by atoms with E-state index in [0.29, 0.717) is 6.61 Å². The van der Waals surface area contributed by atoms with Crippen molar-refractivity contribution in [2.24, 2.45) is 5.92 Å². The topological polar surface area (TPSA) is 20.2 Å². The highest BCUT2D eigenvalue weighted by atomic mass is 16.2. The molecule has 1 heteroatoms. The predicted molar refractivity (Wildman–Crippen MR) is 81.9 cm³/mol. The molecule has 1 nitrogen and oxygen atoms in total. The second kappa shape index (κ2) is 14.8. The molecule has 0 aliphatic heterocycles. The quantitative estimate of drug-likeness (QED) is 0.341. The van der Waals surface area contributed by atoms with Crippen LogP contribution in [0.4, 0.5) is 0 Å². The van der Waals surface area contributed by atoms with E-state index in [-0.39, 0.29) is 0 Å². The molecule has 0 rings (SSSR count). The summed E-state index contributed by atoms with van der Waals surface area (Å²) < 4.78 is 0. The minimum atomic E-state index is 0.358. The highest BCUT2D eigenvalue weighted by Gasteiger charge is 1.96. The largest absolute Gasteiger partial charge is 0.396 e. The Kier molecular flexibility index (Phi) is 14.5. The molecule has 108 valence electrons. The molecule has 0 aliphatic carbocycles. The molecule has 0 aromatic carbocycles. The molecule has 0 amide bonds. The van der Waals surface area contributed by atoms with E-state index >= 15 is 0 Å². The number of allylic oxidation sites excluding steroid dienone is 2. The van der Waals surface area contributed by atoms with Crippen molar-refractivity contribution in [2.45, 2.75) is 84.5 Å². The van der Waals surface area contributed by atoms with Gasteiger partial charge in [0.05, 0.1) is 0 Å². The molecule has 18 heavy (non-hydrogen) atoms. The number of aliphatic hydroxyl groups excluding tert-OH is 1. The Labute approximate surface area is 115 Å². The average molecular weight is 254 g/mol. The SMILES string of the molecule is CC[C@@H](C)CCCC/C=C/CCCCCCCO. The summed E-state index contributed by atoms with van der Waals surface area (Å²) in [7, 11) is 0. The molecule has 0 spiro atoms. The fraction of sp³-hybridized carbons (Fsp3) is 0.882. The summed E-state index contributed by atoms with van der Waals surface area (Å²) in [6, 6.07) is 0. The molecule has 0 heterocycles. The normalized spacial score (nSPS) is 13.3. The maximum atomic E-state index is 8.65. The summed E-state index contributed by atoms with van der Waals surface area (Å²) in [5.74, 6) is 0.910. The number of rotatable bonds is 13. The van der Waals surface area contributed by atoms with Gasteiger partial charge in [-0.3, -0.25) is 0 Å². The van der Waals surface area contributed by atoms with Crippen molar-refractivity contribution >= 4 is 0 Å². The van der Waals surface area contributed by atoms with Crippen LogP contribution in [0.1, 0.15) is 84.5 Å². The molecule has 0 saturated heterocycles. The van der Waals surface area contributed by atoms with Gasteiger partial charge in [-0.05, 0) is 38.0 Å². The first-order valence-electron chi connectivity index (χ1n) is 8.07. The van der Waals surface area contributed by atoms with Crippen molar-refractivity contribution in [3.63, 3.8) is 0 Å². The minimum absolute atomic E-state index is 0.358. The van der Waals surface area contributed by atoms with Crippen LogP contribution >= 0.6 is 0 Å². The molecule has 1 atom stereocenters. The number of unbranched alkanes of at least 4 members (excludes halogenated alkanes) is 7. The molecule has 0 aromatic rings. The van der Waals surface area contributed by atoms with Gasteiger partial charge in [0.1, 0.15) is 0 Å². The zero-order chi connectivity index (χ0) is 13.5. The van der Waals surface area contributed by atoms with E-state index in [0.717, 1.165) is 12.3 Å². The standard InChI is InChI=1S/C17H34O/c1-3-17(2)15-13-11-9-7-5-4-6-8-10-12-14-16-18/h5,7,17-18H,3-4,6,8-16H2,1-2H3/b7-5+/t17-/m1/s1. The maximum Gasteiger partial charge on any atom is 0.0431 e. The summed E-state index contributed by atoms with van der Waals surface area (Å²) >= 11 is 0. The third-order valence-electron chi connectivity index (χ3n) is 3.71. The van der Waals surface area contributed by atoms with Crippen molar-refractivity contribution in [3.05, 3.63) is 12.2 Å². The van der Waals surface area contributed by atoms with Gasteiger partial charge in [-0.15, -0.1) is 0 Å². The van der Waals surface area contributed by atoms with Gasteiger partial charge in [0, 0.05) is 6.61 Å². The Morgan fingerprint density at radius 1 is 0.833 bits per heavy atom. The second-order valence-corrected chi connectivity index (χ2v) is 5.55. The lowest BCUT2D eigenvalue weighted by Gasteiger charge is -2.06. The van der Waals surface area contributed by atoms with E-state index in [1.54, 1.807) is 0 Å². The van der Waals surface area contributed by atoms with E-state index in [9.17, 15) is 0 Å². The van der Waals surface area contributed by atoms with Gasteiger partial charge in [-0.2, -0.15) is 0 Å². The first kappa shape index (κ1) is 17.7. The molecule has 1 N–H and O–H groups in total. The molecular weight excluding hydrogens is 220 g/mol. The zero-order valence-corrected chi connectivity index (χ0v) is 12.7. The summed E-state index contributed by atoms with van der Waals surface area (Å²) in [6.07, 6.45) is 18.8. The fourth-order valence-corrected chi connectivity index (χ4v) is 2.10. The molecule has 0 unspecified atom stereocenters. The smallest absolute Gasteiger partial charge is 0.0431 e. The van der Waals surface area contributed by atoms with E-state index in [1.165, 1.54) is 64.2 Å². The molecule has 0 fully saturated rings. The van der Waals surface area contributed by atoms with E-state index in [1.807, 2.05) is 0 Å². The minimum Gasteiger partial charge on any atom is -0.396 e. The van der Waals surface area contributed by atoms with Crippen molar-refractivity contribution < 1.29 is 5.11 Å². The van der Waals surface area contributed by atoms with Gasteiger partial charge in [-0.1, -0.05) is 64.5 Å². The van der Waals surface area contributed by atoms with E-state index < -0.39 is 0 Å². The third-order valence-corrected chi connectivity index (χ3v) is 3.71. The first-order valence-corrected chi connectivity index (χ1v) is 8.07. The number of hydrogen-bond donors (Lipinski definition) is 1. The zero-order valence-electron chi connectivity index (χ0n) is 12.7. The number of hydrogen-bond acceptors (Lipinski definition) is 1. The first-order chi connectivity index (χ1) is 8.81. The van der Waals surface area contributed by atoms with E-state index in [2.05, 4.69) is 26.0 Å². The molecule has 0 aliphatic rings. The Morgan fingerprint density at radius 2 is 1.39 bits per heavy atom. The van der Waals surface area contributed by atoms with Crippen molar-refractivity contribution in [2.75, 3.05) is 6.61 Å². The van der Waals surface area contributed by atoms with Gasteiger partial charge in [0.25, 0.3) is 0 Å². The summed E-state index contributed by atoms with van der Waals surface area (Å²) in [5, 5.41) is 8.65. The van der Waals surface area contributed by atoms with Crippen LogP contribution in [0.15, 0.2) is 12.2 Å². The maximum absolute atomic E-state index is 8.65. The average Bonchev–Trinajstić information content (AvgIpc) is 2.39. The van der Waals surface area contributed by atoms with E-state index in [4.69, 9.17) is 5.11 Å². The summed E-state index contributed by atoms with van der Waals surface area (Å²) in [6.45, 7) is 4.99. The second-order valence-electron chi connectivity index (χ2n) is 5.55. The molecular formula is C17H34O. The van der Waals surface area contributed by atoms with Gasteiger partial charge < -0.3 is 5.11 Å². The van der Waals surface area contributed by atoms with Crippen molar-refractivity contribution in [3.8, 4) is 0 Å². The van der Waals surface area contributed by atoms with Crippen LogP contribution < -0.4 is 0 Å². The molecule has 0 aromatic heterocycles. The van der Waals surface area contributed by atoms with Crippen LogP contribution in [-0.2, 0) is 0 Å². The lowest BCUT2D eigenvalue weighted by atomic mass is 10.0. The Bertz CT molecular complexity index is 174. The van der Waals surface area contributed by atoms with Gasteiger partial charge >= 0.3 is 0 Å². The van der Waals surface area contributed by atoms with Gasteiger partial charge in [-0.25, -0.2) is 0 Å². The van der Waals surface area contributed by atoms with Crippen molar-refractivity contribution in [1.29, 1.82) is 0 Å². The van der Waals surface area contributed by atoms with Crippen LogP contribution in [0.3, 0.4) is 0 Å². The van der Waals surface area contributed by atoms with Gasteiger partial charge in [0.15, 0.2) is 0 Å². The fourth-order valence-electron chi connectivity index (χ4n) is 2.10. The summed E-state index contributed by atoms with van der Waals surface area (Å²) in [4.78, 5) is 0. The highest BCUT2D eigenvalue weighted by Crippen LogP contribution is 2.12. The number of aliphatic hydroxyl groups is 1. The Morgan fingerprint density at radius 3 is 2.00 bits per heavy atom.